The quantitative estimate of drug-likeness (QED) is 0.746. The van der Waals surface area contributed by atoms with Crippen molar-refractivity contribution in [2.45, 2.75) is 83.8 Å². The number of amides is 1. The fraction of sp³-hybridized carbons (Fsp3) is 0.938. The zero-order valence-electron chi connectivity index (χ0n) is 13.7. The SMILES string of the molecule is CCC(=O)NC1(C2CCCCCCC2)NONC1C(C)C. The number of rotatable bonds is 4. The molecule has 2 fully saturated rings. The average molecular weight is 297 g/mol. The van der Waals surface area contributed by atoms with Crippen LogP contribution in [0.25, 0.3) is 0 Å². The van der Waals surface area contributed by atoms with Crippen LogP contribution in [-0.4, -0.2) is 17.6 Å². The fourth-order valence-corrected chi connectivity index (χ4v) is 3.77. The molecule has 2 rings (SSSR count). The Balaban J connectivity index is 2.22. The minimum Gasteiger partial charge on any atom is -0.334 e. The summed E-state index contributed by atoms with van der Waals surface area (Å²) in [7, 11) is 0. The summed E-state index contributed by atoms with van der Waals surface area (Å²) in [5.41, 5.74) is 5.75. The molecule has 5 nitrogen and oxygen atoms in total. The molecule has 0 aromatic heterocycles. The number of carbonyl (C=O) groups is 1. The molecule has 2 unspecified atom stereocenters. The first-order valence-electron chi connectivity index (χ1n) is 8.59. The largest absolute Gasteiger partial charge is 0.334 e. The molecule has 1 saturated heterocycles. The zero-order chi connectivity index (χ0) is 15.3. The third-order valence-electron chi connectivity index (χ3n) is 4.98. The van der Waals surface area contributed by atoms with E-state index in [-0.39, 0.29) is 11.9 Å². The standard InChI is InChI=1S/C16H31N3O2/c1-4-14(20)17-16(15(12(2)3)18-21-19-16)13-10-8-6-5-7-9-11-13/h12-13,15,18-19H,4-11H2,1-3H3,(H,17,20). The Morgan fingerprint density at radius 2 is 1.86 bits per heavy atom. The zero-order valence-corrected chi connectivity index (χ0v) is 13.7. The smallest absolute Gasteiger partial charge is 0.221 e. The topological polar surface area (TPSA) is 62.4 Å². The van der Waals surface area contributed by atoms with Gasteiger partial charge in [-0.1, -0.05) is 52.9 Å². The van der Waals surface area contributed by atoms with Crippen LogP contribution in [0.5, 0.6) is 0 Å². The van der Waals surface area contributed by atoms with Crippen molar-refractivity contribution in [2.24, 2.45) is 11.8 Å². The van der Waals surface area contributed by atoms with Gasteiger partial charge in [-0.2, -0.15) is 11.0 Å². The van der Waals surface area contributed by atoms with Gasteiger partial charge >= 0.3 is 0 Å². The van der Waals surface area contributed by atoms with Crippen molar-refractivity contribution in [2.75, 3.05) is 0 Å². The van der Waals surface area contributed by atoms with Crippen LogP contribution in [0.15, 0.2) is 0 Å². The minimum absolute atomic E-state index is 0.0857. The second-order valence-corrected chi connectivity index (χ2v) is 6.86. The molecule has 0 aromatic rings. The van der Waals surface area contributed by atoms with Gasteiger partial charge < -0.3 is 5.32 Å². The molecule has 0 bridgehead atoms. The van der Waals surface area contributed by atoms with Gasteiger partial charge in [-0.3, -0.25) is 4.79 Å². The summed E-state index contributed by atoms with van der Waals surface area (Å²) in [6, 6.07) is 0.0948. The maximum absolute atomic E-state index is 12.1. The lowest BCUT2D eigenvalue weighted by molar-refractivity contribution is -0.126. The van der Waals surface area contributed by atoms with Gasteiger partial charge in [-0.25, -0.2) is 4.94 Å². The first-order valence-corrected chi connectivity index (χ1v) is 8.59. The predicted octanol–water partition coefficient (Wildman–Crippen LogP) is 2.63. The number of carbonyl (C=O) groups excluding carboxylic acids is 1. The van der Waals surface area contributed by atoms with Crippen molar-refractivity contribution < 1.29 is 9.73 Å². The van der Waals surface area contributed by atoms with Crippen molar-refractivity contribution in [1.29, 1.82) is 0 Å². The van der Waals surface area contributed by atoms with Crippen LogP contribution in [0.4, 0.5) is 0 Å². The van der Waals surface area contributed by atoms with Gasteiger partial charge in [-0.15, -0.1) is 0 Å². The average Bonchev–Trinajstić information content (AvgIpc) is 2.82. The maximum atomic E-state index is 12.1. The van der Waals surface area contributed by atoms with E-state index in [4.69, 9.17) is 4.94 Å². The Morgan fingerprint density at radius 3 is 2.43 bits per heavy atom. The first kappa shape index (κ1) is 16.7. The van der Waals surface area contributed by atoms with E-state index in [2.05, 4.69) is 30.1 Å². The summed E-state index contributed by atoms with van der Waals surface area (Å²) in [5, 5.41) is 3.25. The maximum Gasteiger partial charge on any atom is 0.221 e. The second kappa shape index (κ2) is 7.56. The van der Waals surface area contributed by atoms with Crippen LogP contribution < -0.4 is 16.3 Å². The van der Waals surface area contributed by atoms with Crippen LogP contribution in [0.2, 0.25) is 0 Å². The molecule has 5 heteroatoms. The van der Waals surface area contributed by atoms with Crippen molar-refractivity contribution in [1.82, 2.24) is 16.3 Å². The van der Waals surface area contributed by atoms with Crippen LogP contribution >= 0.6 is 0 Å². The van der Waals surface area contributed by atoms with Crippen molar-refractivity contribution in [3.8, 4) is 0 Å². The van der Waals surface area contributed by atoms with E-state index in [1.54, 1.807) is 0 Å². The van der Waals surface area contributed by atoms with Gasteiger partial charge in [0.2, 0.25) is 5.91 Å². The molecule has 122 valence electrons. The van der Waals surface area contributed by atoms with E-state index in [1.165, 1.54) is 32.1 Å². The second-order valence-electron chi connectivity index (χ2n) is 6.86. The predicted molar refractivity (Wildman–Crippen MR) is 83.0 cm³/mol. The number of hydrogen-bond acceptors (Lipinski definition) is 4. The molecule has 0 radical (unpaired) electrons. The summed E-state index contributed by atoms with van der Waals surface area (Å²) in [5.74, 6) is 0.876. The summed E-state index contributed by atoms with van der Waals surface area (Å²) in [6.45, 7) is 6.24. The van der Waals surface area contributed by atoms with Gasteiger partial charge in [0.1, 0.15) is 5.66 Å². The minimum atomic E-state index is -0.474. The van der Waals surface area contributed by atoms with E-state index < -0.39 is 5.66 Å². The van der Waals surface area contributed by atoms with E-state index in [0.717, 1.165) is 12.8 Å². The third-order valence-corrected chi connectivity index (χ3v) is 4.98. The first-order chi connectivity index (χ1) is 10.1. The Bertz CT molecular complexity index is 340. The lowest BCUT2D eigenvalue weighted by Crippen LogP contribution is -2.67. The van der Waals surface area contributed by atoms with E-state index in [1.807, 2.05) is 6.92 Å². The van der Waals surface area contributed by atoms with Crippen LogP contribution in [-0.2, 0) is 9.73 Å². The van der Waals surface area contributed by atoms with Crippen LogP contribution in [0.3, 0.4) is 0 Å². The molecule has 2 atom stereocenters. The molecule has 1 aliphatic heterocycles. The van der Waals surface area contributed by atoms with Gasteiger partial charge in [0.15, 0.2) is 0 Å². The highest BCUT2D eigenvalue weighted by Gasteiger charge is 2.51. The lowest BCUT2D eigenvalue weighted by atomic mass is 9.75. The molecule has 0 aromatic carbocycles. The Kier molecular flexibility index (Phi) is 6.02. The Labute approximate surface area is 128 Å². The van der Waals surface area contributed by atoms with Crippen LogP contribution in [0.1, 0.15) is 72.1 Å². The highest BCUT2D eigenvalue weighted by atomic mass is 16.8. The molecule has 2 aliphatic rings. The van der Waals surface area contributed by atoms with E-state index in [0.29, 0.717) is 18.3 Å². The van der Waals surface area contributed by atoms with E-state index in [9.17, 15) is 4.79 Å². The molecule has 1 saturated carbocycles. The number of hydrogen-bond donors (Lipinski definition) is 3. The molecule has 1 heterocycles. The monoisotopic (exact) mass is 297 g/mol. The molecule has 1 aliphatic carbocycles. The summed E-state index contributed by atoms with van der Waals surface area (Å²) >= 11 is 0. The van der Waals surface area contributed by atoms with Gasteiger partial charge in [0.05, 0.1) is 6.04 Å². The number of hydroxylamine groups is 2. The van der Waals surface area contributed by atoms with Crippen molar-refractivity contribution in [3.05, 3.63) is 0 Å². The summed E-state index contributed by atoms with van der Waals surface area (Å²) in [4.78, 5) is 17.5. The molecule has 1 amide bonds. The molecule has 3 N–H and O–H groups in total. The fourth-order valence-electron chi connectivity index (χ4n) is 3.77. The molecular weight excluding hydrogens is 266 g/mol. The Morgan fingerprint density at radius 1 is 1.24 bits per heavy atom. The lowest BCUT2D eigenvalue weighted by Gasteiger charge is -2.42. The van der Waals surface area contributed by atoms with Gasteiger partial charge in [0.25, 0.3) is 0 Å². The van der Waals surface area contributed by atoms with Gasteiger partial charge in [-0.05, 0) is 24.7 Å². The normalized spacial score (nSPS) is 31.9. The van der Waals surface area contributed by atoms with Crippen molar-refractivity contribution >= 4 is 5.91 Å². The highest BCUT2D eigenvalue weighted by molar-refractivity contribution is 5.76. The van der Waals surface area contributed by atoms with Gasteiger partial charge in [0, 0.05) is 6.42 Å². The Hall–Kier alpha value is -0.650. The summed E-state index contributed by atoms with van der Waals surface area (Å²) < 4.78 is 0. The van der Waals surface area contributed by atoms with Crippen molar-refractivity contribution in [3.63, 3.8) is 0 Å². The van der Waals surface area contributed by atoms with Crippen LogP contribution in [0, 0.1) is 11.8 Å². The molecule has 21 heavy (non-hydrogen) atoms. The highest BCUT2D eigenvalue weighted by Crippen LogP contribution is 2.36. The number of nitrogens with one attached hydrogen (secondary N) is 3. The third kappa shape index (κ3) is 3.76. The summed E-state index contributed by atoms with van der Waals surface area (Å²) in [6.07, 6.45) is 9.21. The molecular formula is C16H31N3O2. The molecule has 0 spiro atoms. The van der Waals surface area contributed by atoms with E-state index >= 15 is 0 Å².